The lowest BCUT2D eigenvalue weighted by Gasteiger charge is -2.22. The Bertz CT molecular complexity index is 1370. The van der Waals surface area contributed by atoms with Gasteiger partial charge in [0.2, 0.25) is 0 Å². The van der Waals surface area contributed by atoms with Crippen LogP contribution in [0.1, 0.15) is 66.9 Å². The van der Waals surface area contributed by atoms with Crippen LogP contribution in [-0.2, 0) is 14.3 Å². The highest BCUT2D eigenvalue weighted by Gasteiger charge is 2.39. The summed E-state index contributed by atoms with van der Waals surface area (Å²) in [5.41, 5.74) is 1.90. The molecule has 0 spiro atoms. The van der Waals surface area contributed by atoms with Crippen molar-refractivity contribution in [1.82, 2.24) is 4.90 Å². The van der Waals surface area contributed by atoms with Crippen molar-refractivity contribution in [2.75, 3.05) is 18.5 Å². The summed E-state index contributed by atoms with van der Waals surface area (Å²) >= 11 is 0. The van der Waals surface area contributed by atoms with Crippen molar-refractivity contribution in [3.63, 3.8) is 0 Å². The Labute approximate surface area is 213 Å². The molecule has 1 aliphatic heterocycles. The van der Waals surface area contributed by atoms with E-state index in [0.29, 0.717) is 11.3 Å². The van der Waals surface area contributed by atoms with Crippen LogP contribution in [0.2, 0.25) is 0 Å². The molecule has 0 aliphatic carbocycles. The fraction of sp³-hybridized carbons (Fsp3) is 0.179. The number of amides is 3. The minimum absolute atomic E-state index is 0.0423. The van der Waals surface area contributed by atoms with Gasteiger partial charge in [0, 0.05) is 5.69 Å². The predicted octanol–water partition coefficient (Wildman–Crippen LogP) is 4.02. The molecule has 0 radical (unpaired) electrons. The van der Waals surface area contributed by atoms with Crippen molar-refractivity contribution in [3.8, 4) is 0 Å². The minimum atomic E-state index is -0.814. The Morgan fingerprint density at radius 3 is 2.11 bits per heavy atom. The van der Waals surface area contributed by atoms with E-state index in [0.717, 1.165) is 10.5 Å². The molecule has 3 aromatic carbocycles. The normalized spacial score (nSPS) is 13.1. The number of carbonyl (C=O) groups is 5. The lowest BCUT2D eigenvalue weighted by molar-refractivity contribution is -0.119. The van der Waals surface area contributed by atoms with E-state index >= 15 is 0 Å². The van der Waals surface area contributed by atoms with Gasteiger partial charge in [-0.3, -0.25) is 19.3 Å². The zero-order valence-electron chi connectivity index (χ0n) is 20.2. The van der Waals surface area contributed by atoms with Crippen molar-refractivity contribution < 1.29 is 33.4 Å². The van der Waals surface area contributed by atoms with Crippen LogP contribution in [0.5, 0.6) is 0 Å². The monoisotopic (exact) mass is 500 g/mol. The fourth-order valence-electron chi connectivity index (χ4n) is 3.93. The molecule has 0 saturated carbocycles. The molecule has 1 aliphatic rings. The van der Waals surface area contributed by atoms with Gasteiger partial charge in [0.15, 0.2) is 6.61 Å². The highest BCUT2D eigenvalue weighted by atomic mass is 16.5. The molecule has 3 amide bonds. The molecule has 1 N–H and O–H groups in total. The molecule has 1 atom stereocenters. The van der Waals surface area contributed by atoms with Crippen molar-refractivity contribution in [2.24, 2.45) is 0 Å². The van der Waals surface area contributed by atoms with Crippen LogP contribution >= 0.6 is 0 Å². The van der Waals surface area contributed by atoms with Crippen molar-refractivity contribution >= 4 is 35.3 Å². The first-order chi connectivity index (χ1) is 17.8. The van der Waals surface area contributed by atoms with E-state index in [-0.39, 0.29) is 23.3 Å². The number of esters is 2. The number of nitrogens with one attached hydrogen (secondary N) is 1. The van der Waals surface area contributed by atoms with Crippen molar-refractivity contribution in [2.45, 2.75) is 19.9 Å². The van der Waals surface area contributed by atoms with Crippen LogP contribution in [0.4, 0.5) is 5.69 Å². The van der Waals surface area contributed by atoms with Gasteiger partial charge in [-0.25, -0.2) is 9.59 Å². The van der Waals surface area contributed by atoms with Gasteiger partial charge in [0.1, 0.15) is 0 Å². The summed E-state index contributed by atoms with van der Waals surface area (Å²) in [6.45, 7) is 3.15. The van der Waals surface area contributed by atoms with Gasteiger partial charge in [-0.05, 0) is 61.9 Å². The molecule has 3 aromatic rings. The Morgan fingerprint density at radius 1 is 0.811 bits per heavy atom. The lowest BCUT2D eigenvalue weighted by Crippen LogP contribution is -2.32. The van der Waals surface area contributed by atoms with Gasteiger partial charge in [0.25, 0.3) is 17.7 Å². The van der Waals surface area contributed by atoms with E-state index in [1.54, 1.807) is 13.8 Å². The van der Waals surface area contributed by atoms with Gasteiger partial charge in [-0.2, -0.15) is 0 Å². The number of nitrogens with zero attached hydrogens (tertiary/aromatic N) is 1. The second kappa shape index (κ2) is 10.9. The van der Waals surface area contributed by atoms with Gasteiger partial charge < -0.3 is 14.8 Å². The number of anilines is 1. The van der Waals surface area contributed by atoms with E-state index in [1.807, 2.05) is 30.3 Å². The van der Waals surface area contributed by atoms with E-state index in [9.17, 15) is 24.0 Å². The second-order valence-corrected chi connectivity index (χ2v) is 8.25. The summed E-state index contributed by atoms with van der Waals surface area (Å²) < 4.78 is 9.99. The molecule has 0 aromatic heterocycles. The summed E-state index contributed by atoms with van der Waals surface area (Å²) in [5, 5.41) is 2.56. The highest BCUT2D eigenvalue weighted by Crippen LogP contribution is 2.31. The zero-order chi connectivity index (χ0) is 26.5. The van der Waals surface area contributed by atoms with E-state index in [4.69, 9.17) is 9.47 Å². The summed E-state index contributed by atoms with van der Waals surface area (Å²) in [6, 6.07) is 18.8. The first kappa shape index (κ1) is 25.3. The smallest absolute Gasteiger partial charge is 0.338 e. The summed E-state index contributed by atoms with van der Waals surface area (Å²) in [6.07, 6.45) is 0. The quantitative estimate of drug-likeness (QED) is 0.367. The van der Waals surface area contributed by atoms with Crippen LogP contribution in [0.15, 0.2) is 72.8 Å². The topological polar surface area (TPSA) is 119 Å². The third-order valence-electron chi connectivity index (χ3n) is 5.84. The molecule has 0 unspecified atom stereocenters. The van der Waals surface area contributed by atoms with E-state index in [2.05, 4.69) is 5.32 Å². The Kier molecular flexibility index (Phi) is 7.43. The maximum absolute atomic E-state index is 13.0. The molecule has 9 nitrogen and oxygen atoms in total. The van der Waals surface area contributed by atoms with E-state index in [1.165, 1.54) is 42.5 Å². The Balaban J connectivity index is 1.37. The third-order valence-corrected chi connectivity index (χ3v) is 5.84. The Hall–Kier alpha value is -4.79. The van der Waals surface area contributed by atoms with Gasteiger partial charge in [-0.1, -0.05) is 30.3 Å². The van der Waals surface area contributed by atoms with E-state index < -0.39 is 42.3 Å². The average Bonchev–Trinajstić information content (AvgIpc) is 3.16. The highest BCUT2D eigenvalue weighted by molar-refractivity contribution is 6.22. The predicted molar refractivity (Wildman–Crippen MR) is 133 cm³/mol. The fourth-order valence-corrected chi connectivity index (χ4v) is 3.93. The number of hydrogen-bond acceptors (Lipinski definition) is 7. The van der Waals surface area contributed by atoms with Crippen LogP contribution in [0, 0.1) is 0 Å². The SMILES string of the molecule is CCOC(=O)c1ccc(NC(=O)COC(=O)c2ccc3c(c2)C(=O)N([C@H](C)c2ccccc2)C3=O)cc1. The van der Waals surface area contributed by atoms with Crippen molar-refractivity contribution in [3.05, 3.63) is 101 Å². The molecular weight excluding hydrogens is 476 g/mol. The molecule has 0 fully saturated rings. The minimum Gasteiger partial charge on any atom is -0.462 e. The largest absolute Gasteiger partial charge is 0.462 e. The first-order valence-corrected chi connectivity index (χ1v) is 11.6. The van der Waals surface area contributed by atoms with Crippen LogP contribution in [0.3, 0.4) is 0 Å². The summed E-state index contributed by atoms with van der Waals surface area (Å²) in [7, 11) is 0. The third kappa shape index (κ3) is 5.40. The van der Waals surface area contributed by atoms with Crippen LogP contribution < -0.4 is 5.32 Å². The van der Waals surface area contributed by atoms with Crippen molar-refractivity contribution in [1.29, 1.82) is 0 Å². The standard InChI is InChI=1S/C28H24N2O7/c1-3-36-27(34)19-9-12-21(13-10-19)29-24(31)16-37-28(35)20-11-14-22-23(15-20)26(33)30(25(22)32)17(2)18-7-5-4-6-8-18/h4-15,17H,3,16H2,1-2H3,(H,29,31)/t17-/m1/s1. The molecular formula is C28H24N2O7. The van der Waals surface area contributed by atoms with Gasteiger partial charge >= 0.3 is 11.9 Å². The molecule has 0 bridgehead atoms. The Morgan fingerprint density at radius 2 is 1.43 bits per heavy atom. The zero-order valence-corrected chi connectivity index (χ0v) is 20.2. The van der Waals surface area contributed by atoms with Gasteiger partial charge in [-0.15, -0.1) is 0 Å². The van der Waals surface area contributed by atoms with Gasteiger partial charge in [0.05, 0.1) is 34.9 Å². The molecule has 1 heterocycles. The number of carbonyl (C=O) groups excluding carboxylic acids is 5. The second-order valence-electron chi connectivity index (χ2n) is 8.25. The molecule has 37 heavy (non-hydrogen) atoms. The molecule has 4 rings (SSSR count). The van der Waals surface area contributed by atoms with Crippen LogP contribution in [0.25, 0.3) is 0 Å². The summed E-state index contributed by atoms with van der Waals surface area (Å²) in [5.74, 6) is -2.82. The lowest BCUT2D eigenvalue weighted by atomic mass is 10.1. The molecule has 0 saturated heterocycles. The number of benzene rings is 3. The number of fused-ring (bicyclic) bond motifs is 1. The molecule has 188 valence electrons. The number of hydrogen-bond donors (Lipinski definition) is 1. The number of ether oxygens (including phenoxy) is 2. The average molecular weight is 501 g/mol. The maximum Gasteiger partial charge on any atom is 0.338 e. The first-order valence-electron chi connectivity index (χ1n) is 11.6. The summed E-state index contributed by atoms with van der Waals surface area (Å²) in [4.78, 5) is 63.6. The van der Waals surface area contributed by atoms with Crippen LogP contribution in [-0.4, -0.2) is 47.8 Å². The molecule has 9 heteroatoms. The number of imide groups is 1. The number of rotatable bonds is 8. The maximum atomic E-state index is 13.0.